The molecule has 3 rings (SSSR count). The number of piperidine rings is 1. The normalized spacial score (nSPS) is 18.0. The molecule has 1 aliphatic heterocycles. The van der Waals surface area contributed by atoms with Gasteiger partial charge in [-0.05, 0) is 37.1 Å². The van der Waals surface area contributed by atoms with E-state index in [9.17, 15) is 17.6 Å². The Balaban J connectivity index is 1.65. The number of nitrogens with zero attached hydrogens (tertiary/aromatic N) is 3. The SMILES string of the molecule is C=CCSc1nnc(NC(=O)[C@@H]2CCCN(S(=O)(=O)c3ccc(F)cc3)C2)s1. The predicted octanol–water partition coefficient (Wildman–Crippen LogP) is 2.99. The summed E-state index contributed by atoms with van der Waals surface area (Å²) in [4.78, 5) is 12.6. The summed E-state index contributed by atoms with van der Waals surface area (Å²) < 4.78 is 40.6. The average molecular weight is 443 g/mol. The maximum absolute atomic E-state index is 13.1. The van der Waals surface area contributed by atoms with Crippen molar-refractivity contribution in [3.8, 4) is 0 Å². The van der Waals surface area contributed by atoms with Gasteiger partial charge in [-0.1, -0.05) is 29.2 Å². The van der Waals surface area contributed by atoms with Crippen molar-refractivity contribution < 1.29 is 17.6 Å². The molecule has 1 amide bonds. The molecule has 7 nitrogen and oxygen atoms in total. The van der Waals surface area contributed by atoms with E-state index in [4.69, 9.17) is 0 Å². The molecular weight excluding hydrogens is 423 g/mol. The number of sulfonamides is 1. The highest BCUT2D eigenvalue weighted by molar-refractivity contribution is 8.01. The van der Waals surface area contributed by atoms with Crippen molar-refractivity contribution in [1.29, 1.82) is 0 Å². The molecule has 1 fully saturated rings. The molecule has 0 unspecified atom stereocenters. The summed E-state index contributed by atoms with van der Waals surface area (Å²) in [5.74, 6) is -0.577. The summed E-state index contributed by atoms with van der Waals surface area (Å²) in [5, 5.41) is 11.0. The number of aromatic nitrogens is 2. The molecular formula is C17H19FN4O3S3. The first-order valence-electron chi connectivity index (χ1n) is 8.54. The number of hydrogen-bond acceptors (Lipinski definition) is 7. The van der Waals surface area contributed by atoms with Crippen LogP contribution in [0.15, 0.2) is 46.2 Å². The monoisotopic (exact) mass is 442 g/mol. The molecule has 0 saturated carbocycles. The molecule has 1 atom stereocenters. The molecule has 2 heterocycles. The summed E-state index contributed by atoms with van der Waals surface area (Å²) in [6.07, 6.45) is 2.90. The van der Waals surface area contributed by atoms with E-state index in [0.717, 1.165) is 16.5 Å². The van der Waals surface area contributed by atoms with E-state index in [-0.39, 0.29) is 17.3 Å². The summed E-state index contributed by atoms with van der Waals surface area (Å²) in [7, 11) is -3.78. The van der Waals surface area contributed by atoms with Gasteiger partial charge >= 0.3 is 0 Å². The lowest BCUT2D eigenvalue weighted by Crippen LogP contribution is -2.43. The number of carbonyl (C=O) groups is 1. The van der Waals surface area contributed by atoms with E-state index >= 15 is 0 Å². The molecule has 0 radical (unpaired) electrons. The van der Waals surface area contributed by atoms with Crippen LogP contribution < -0.4 is 5.32 Å². The number of thioether (sulfide) groups is 1. The van der Waals surface area contributed by atoms with E-state index in [1.807, 2.05) is 0 Å². The van der Waals surface area contributed by atoms with E-state index in [2.05, 4.69) is 22.1 Å². The minimum Gasteiger partial charge on any atom is -0.300 e. The Morgan fingerprint density at radius 3 is 2.86 bits per heavy atom. The predicted molar refractivity (Wildman–Crippen MR) is 107 cm³/mol. The molecule has 11 heteroatoms. The fourth-order valence-electron chi connectivity index (χ4n) is 2.79. The van der Waals surface area contributed by atoms with Crippen molar-refractivity contribution in [3.05, 3.63) is 42.7 Å². The molecule has 1 saturated heterocycles. The molecule has 0 spiro atoms. The largest absolute Gasteiger partial charge is 0.300 e. The van der Waals surface area contributed by atoms with Gasteiger partial charge in [0, 0.05) is 18.8 Å². The molecule has 1 N–H and O–H groups in total. The van der Waals surface area contributed by atoms with Gasteiger partial charge in [-0.2, -0.15) is 4.31 Å². The maximum Gasteiger partial charge on any atom is 0.243 e. The van der Waals surface area contributed by atoms with Crippen molar-refractivity contribution in [2.75, 3.05) is 24.2 Å². The molecule has 1 aliphatic rings. The van der Waals surface area contributed by atoms with Gasteiger partial charge in [0.15, 0.2) is 4.34 Å². The average Bonchev–Trinajstić information content (AvgIpc) is 3.14. The van der Waals surface area contributed by atoms with E-state index < -0.39 is 21.8 Å². The molecule has 1 aromatic heterocycles. The van der Waals surface area contributed by atoms with Crippen molar-refractivity contribution in [1.82, 2.24) is 14.5 Å². The van der Waals surface area contributed by atoms with Crippen molar-refractivity contribution in [3.63, 3.8) is 0 Å². The molecule has 0 aliphatic carbocycles. The maximum atomic E-state index is 13.1. The minimum atomic E-state index is -3.78. The lowest BCUT2D eigenvalue weighted by atomic mass is 9.99. The van der Waals surface area contributed by atoms with Gasteiger partial charge in [-0.25, -0.2) is 12.8 Å². The Morgan fingerprint density at radius 1 is 1.39 bits per heavy atom. The third kappa shape index (κ3) is 4.96. The minimum absolute atomic E-state index is 0.0166. The zero-order chi connectivity index (χ0) is 20.1. The Kier molecular flexibility index (Phi) is 6.81. The van der Waals surface area contributed by atoms with Crippen LogP contribution in [-0.4, -0.2) is 47.7 Å². The lowest BCUT2D eigenvalue weighted by molar-refractivity contribution is -0.120. The van der Waals surface area contributed by atoms with Gasteiger partial charge in [0.1, 0.15) is 5.82 Å². The number of anilines is 1. The second-order valence-electron chi connectivity index (χ2n) is 6.12. The quantitative estimate of drug-likeness (QED) is 0.403. The van der Waals surface area contributed by atoms with Gasteiger partial charge in [0.05, 0.1) is 10.8 Å². The van der Waals surface area contributed by atoms with E-state index in [0.29, 0.717) is 30.3 Å². The Labute approximate surface area is 171 Å². The number of hydrogen-bond donors (Lipinski definition) is 1. The number of amides is 1. The van der Waals surface area contributed by atoms with Crippen molar-refractivity contribution >= 4 is 44.2 Å². The summed E-state index contributed by atoms with van der Waals surface area (Å²) in [6.45, 7) is 4.03. The van der Waals surface area contributed by atoms with Crippen LogP contribution in [0.1, 0.15) is 12.8 Å². The third-order valence-electron chi connectivity index (χ3n) is 4.17. The van der Waals surface area contributed by atoms with Crippen LogP contribution in [0.3, 0.4) is 0 Å². The van der Waals surface area contributed by atoms with Crippen LogP contribution in [0.4, 0.5) is 9.52 Å². The molecule has 28 heavy (non-hydrogen) atoms. The van der Waals surface area contributed by atoms with Crippen LogP contribution in [0.2, 0.25) is 0 Å². The third-order valence-corrected chi connectivity index (χ3v) is 8.01. The summed E-state index contributed by atoms with van der Waals surface area (Å²) in [6, 6.07) is 4.69. The van der Waals surface area contributed by atoms with E-state index in [1.165, 1.54) is 39.5 Å². The standard InChI is InChI=1S/C17H19FN4O3S3/c1-2-10-26-17-21-20-16(27-17)19-15(23)12-4-3-9-22(11-12)28(24,25)14-7-5-13(18)6-8-14/h2,5-8,12H,1,3-4,9-11H2,(H,19,20,23)/t12-/m1/s1. The Morgan fingerprint density at radius 2 is 2.14 bits per heavy atom. The summed E-state index contributed by atoms with van der Waals surface area (Å²) >= 11 is 2.73. The highest BCUT2D eigenvalue weighted by Gasteiger charge is 2.33. The van der Waals surface area contributed by atoms with Crippen LogP contribution in [0, 0.1) is 11.7 Å². The van der Waals surface area contributed by atoms with Crippen LogP contribution in [0.25, 0.3) is 0 Å². The fourth-order valence-corrected chi connectivity index (χ4v) is 5.83. The summed E-state index contributed by atoms with van der Waals surface area (Å²) in [5.41, 5.74) is 0. The van der Waals surface area contributed by atoms with E-state index in [1.54, 1.807) is 6.08 Å². The topological polar surface area (TPSA) is 92.3 Å². The van der Waals surface area contributed by atoms with Crippen LogP contribution in [-0.2, 0) is 14.8 Å². The van der Waals surface area contributed by atoms with Crippen molar-refractivity contribution in [2.24, 2.45) is 5.92 Å². The second kappa shape index (κ2) is 9.12. The Hall–Kier alpha value is -1.82. The van der Waals surface area contributed by atoms with Gasteiger partial charge in [-0.3, -0.25) is 4.79 Å². The number of carbonyl (C=O) groups excluding carboxylic acids is 1. The zero-order valence-corrected chi connectivity index (χ0v) is 17.3. The van der Waals surface area contributed by atoms with Crippen molar-refractivity contribution in [2.45, 2.75) is 22.1 Å². The van der Waals surface area contributed by atoms with Crippen LogP contribution >= 0.6 is 23.1 Å². The molecule has 2 aromatic rings. The first kappa shape index (κ1) is 20.9. The fraction of sp³-hybridized carbons (Fsp3) is 0.353. The number of benzene rings is 1. The van der Waals surface area contributed by atoms with Gasteiger partial charge < -0.3 is 5.32 Å². The number of nitrogens with one attached hydrogen (secondary N) is 1. The molecule has 150 valence electrons. The second-order valence-corrected chi connectivity index (χ2v) is 10.3. The smallest absolute Gasteiger partial charge is 0.243 e. The number of rotatable bonds is 7. The van der Waals surface area contributed by atoms with Gasteiger partial charge in [0.2, 0.25) is 21.1 Å². The number of halogens is 1. The highest BCUT2D eigenvalue weighted by atomic mass is 32.2. The van der Waals surface area contributed by atoms with Gasteiger partial charge in [0.25, 0.3) is 0 Å². The first-order chi connectivity index (χ1) is 13.4. The molecule has 0 bridgehead atoms. The molecule has 1 aromatic carbocycles. The Bertz CT molecular complexity index is 947. The zero-order valence-electron chi connectivity index (χ0n) is 14.9. The first-order valence-corrected chi connectivity index (χ1v) is 11.8. The van der Waals surface area contributed by atoms with Gasteiger partial charge in [-0.15, -0.1) is 16.8 Å². The highest BCUT2D eigenvalue weighted by Crippen LogP contribution is 2.28. The van der Waals surface area contributed by atoms with Crippen LogP contribution in [0.5, 0.6) is 0 Å². The lowest BCUT2D eigenvalue weighted by Gasteiger charge is -2.31.